The predicted molar refractivity (Wildman–Crippen MR) is 60.3 cm³/mol. The van der Waals surface area contributed by atoms with Crippen LogP contribution in [0, 0.1) is 0 Å². The topological polar surface area (TPSA) is 48.2 Å². The van der Waals surface area contributed by atoms with E-state index in [1.807, 2.05) is 27.6 Å². The Balaban J connectivity index is 2.63. The third-order valence-electron chi connectivity index (χ3n) is 2.05. The number of hydrogen-bond donors (Lipinski definition) is 2. The predicted octanol–water partition coefficient (Wildman–Crippen LogP) is -0.539. The second-order valence-corrected chi connectivity index (χ2v) is 4.23. The minimum Gasteiger partial charge on any atom is -0.385 e. The van der Waals surface area contributed by atoms with Gasteiger partial charge < -0.3 is 10.2 Å². The maximum absolute atomic E-state index is 9.40. The Bertz CT molecular complexity index is 298. The third-order valence-corrected chi connectivity index (χ3v) is 2.76. The SMILES string of the molecule is OC(CCl)C[n+]1ccc[n+](CC(O)CCl)c1. The molecule has 1 aromatic heterocycles. The molecule has 0 aliphatic carbocycles. The van der Waals surface area contributed by atoms with Crippen molar-refractivity contribution in [1.82, 2.24) is 0 Å². The largest absolute Gasteiger partial charge is 0.406 e. The summed E-state index contributed by atoms with van der Waals surface area (Å²) in [5.74, 6) is 0.401. The molecule has 90 valence electrons. The lowest BCUT2D eigenvalue weighted by Crippen LogP contribution is -2.51. The lowest BCUT2D eigenvalue weighted by molar-refractivity contribution is -0.830. The molecule has 2 N–H and O–H groups in total. The van der Waals surface area contributed by atoms with Crippen molar-refractivity contribution < 1.29 is 19.3 Å². The number of aromatic nitrogens is 2. The molecular formula is C10H16Cl2N2O2+2. The summed E-state index contributed by atoms with van der Waals surface area (Å²) in [6.45, 7) is 0.864. The summed E-state index contributed by atoms with van der Waals surface area (Å²) in [5, 5.41) is 18.8. The van der Waals surface area contributed by atoms with Crippen LogP contribution in [0.5, 0.6) is 0 Å². The first-order chi connectivity index (χ1) is 7.65. The van der Waals surface area contributed by atoms with Gasteiger partial charge in [-0.1, -0.05) is 0 Å². The van der Waals surface area contributed by atoms with Crippen LogP contribution in [0.15, 0.2) is 24.8 Å². The highest BCUT2D eigenvalue weighted by Gasteiger charge is 2.16. The van der Waals surface area contributed by atoms with E-state index in [-0.39, 0.29) is 11.8 Å². The van der Waals surface area contributed by atoms with E-state index < -0.39 is 12.2 Å². The molecule has 0 aliphatic heterocycles. The second kappa shape index (κ2) is 7.01. The van der Waals surface area contributed by atoms with Gasteiger partial charge in [-0.2, -0.15) is 0 Å². The zero-order chi connectivity index (χ0) is 12.0. The molecule has 0 spiro atoms. The Hall–Kier alpha value is -0.420. The van der Waals surface area contributed by atoms with Crippen molar-refractivity contribution in [2.45, 2.75) is 25.3 Å². The molecule has 16 heavy (non-hydrogen) atoms. The van der Waals surface area contributed by atoms with Gasteiger partial charge in [0.25, 0.3) is 0 Å². The molecule has 0 bridgehead atoms. The maximum Gasteiger partial charge on any atom is 0.406 e. The molecular weight excluding hydrogens is 251 g/mol. The summed E-state index contributed by atoms with van der Waals surface area (Å²) in [5.41, 5.74) is 0. The van der Waals surface area contributed by atoms with Gasteiger partial charge in [0.05, 0.1) is 17.8 Å². The van der Waals surface area contributed by atoms with E-state index in [1.165, 1.54) is 0 Å². The third kappa shape index (κ3) is 4.61. The Morgan fingerprint density at radius 1 is 0.938 bits per heavy atom. The Morgan fingerprint density at radius 2 is 1.38 bits per heavy atom. The monoisotopic (exact) mass is 266 g/mol. The lowest BCUT2D eigenvalue weighted by atomic mass is 10.4. The molecule has 0 fully saturated rings. The number of alkyl halides is 2. The first kappa shape index (κ1) is 13.6. The van der Waals surface area contributed by atoms with E-state index in [2.05, 4.69) is 0 Å². The standard InChI is InChI=1S/C10H16Cl2N2O2/c11-4-9(15)6-13-2-1-3-14(8-13)7-10(16)5-12/h1-3,8-10,15-16H,4-7H2/q+2. The van der Waals surface area contributed by atoms with E-state index in [0.29, 0.717) is 13.1 Å². The van der Waals surface area contributed by atoms with Crippen molar-refractivity contribution in [2.75, 3.05) is 11.8 Å². The molecule has 0 amide bonds. The fourth-order valence-electron chi connectivity index (χ4n) is 1.33. The molecule has 4 nitrogen and oxygen atoms in total. The first-order valence-corrected chi connectivity index (χ1v) is 6.08. The highest BCUT2D eigenvalue weighted by Crippen LogP contribution is 1.88. The van der Waals surface area contributed by atoms with Gasteiger partial charge in [0, 0.05) is 0 Å². The fraction of sp³-hybridized carbons (Fsp3) is 0.600. The number of aliphatic hydroxyl groups is 2. The zero-order valence-electron chi connectivity index (χ0n) is 8.84. The van der Waals surface area contributed by atoms with E-state index in [0.717, 1.165) is 0 Å². The Morgan fingerprint density at radius 3 is 1.75 bits per heavy atom. The molecule has 2 atom stereocenters. The van der Waals surface area contributed by atoms with Crippen LogP contribution >= 0.6 is 23.2 Å². The molecule has 6 heteroatoms. The van der Waals surface area contributed by atoms with Gasteiger partial charge >= 0.3 is 6.33 Å². The average molecular weight is 267 g/mol. The number of hydrogen-bond acceptors (Lipinski definition) is 2. The Kier molecular flexibility index (Phi) is 5.98. The van der Waals surface area contributed by atoms with Crippen molar-refractivity contribution in [3.05, 3.63) is 24.8 Å². The normalized spacial score (nSPS) is 14.8. The molecule has 1 aromatic rings. The summed E-state index contributed by atoms with van der Waals surface area (Å²) in [6, 6.07) is 1.84. The van der Waals surface area contributed by atoms with Crippen LogP contribution in [-0.4, -0.2) is 34.2 Å². The van der Waals surface area contributed by atoms with Crippen LogP contribution in [-0.2, 0) is 13.1 Å². The van der Waals surface area contributed by atoms with Crippen molar-refractivity contribution in [3.63, 3.8) is 0 Å². The van der Waals surface area contributed by atoms with E-state index in [4.69, 9.17) is 23.2 Å². The molecule has 0 aromatic carbocycles. The first-order valence-electron chi connectivity index (χ1n) is 5.02. The van der Waals surface area contributed by atoms with Crippen molar-refractivity contribution in [2.24, 2.45) is 0 Å². The number of aliphatic hydroxyl groups excluding tert-OH is 2. The highest BCUT2D eigenvalue weighted by molar-refractivity contribution is 6.18. The smallest absolute Gasteiger partial charge is 0.385 e. The van der Waals surface area contributed by atoms with Crippen molar-refractivity contribution in [1.29, 1.82) is 0 Å². The lowest BCUT2D eigenvalue weighted by Gasteiger charge is -2.03. The summed E-state index contributed by atoms with van der Waals surface area (Å²) >= 11 is 11.0. The fourth-order valence-corrected chi connectivity index (χ4v) is 1.52. The molecule has 1 heterocycles. The maximum atomic E-state index is 9.40. The minimum atomic E-state index is -0.569. The molecule has 0 saturated heterocycles. The second-order valence-electron chi connectivity index (χ2n) is 3.62. The van der Waals surface area contributed by atoms with E-state index >= 15 is 0 Å². The van der Waals surface area contributed by atoms with Crippen LogP contribution in [0.1, 0.15) is 0 Å². The Labute approximate surface area is 105 Å². The van der Waals surface area contributed by atoms with Crippen LogP contribution in [0.25, 0.3) is 0 Å². The molecule has 1 rings (SSSR count). The number of rotatable bonds is 6. The number of halogens is 2. The summed E-state index contributed by atoms with van der Waals surface area (Å²) in [4.78, 5) is 0. The molecule has 0 aliphatic rings. The van der Waals surface area contributed by atoms with Crippen LogP contribution < -0.4 is 9.13 Å². The van der Waals surface area contributed by atoms with Gasteiger partial charge in [0.15, 0.2) is 25.5 Å². The highest BCUT2D eigenvalue weighted by atomic mass is 35.5. The molecule has 0 saturated carbocycles. The van der Waals surface area contributed by atoms with Crippen LogP contribution in [0.4, 0.5) is 0 Å². The quantitative estimate of drug-likeness (QED) is 0.537. The summed E-state index contributed by atoms with van der Waals surface area (Å²) in [6.07, 6.45) is 4.32. The van der Waals surface area contributed by atoms with Gasteiger partial charge in [-0.25, -0.2) is 0 Å². The molecule has 0 radical (unpaired) electrons. The van der Waals surface area contributed by atoms with Crippen LogP contribution in [0.2, 0.25) is 0 Å². The van der Waals surface area contributed by atoms with Crippen LogP contribution in [0.3, 0.4) is 0 Å². The van der Waals surface area contributed by atoms with Gasteiger partial charge in [-0.05, 0) is 0 Å². The average Bonchev–Trinajstić information content (AvgIpc) is 2.29. The van der Waals surface area contributed by atoms with Crippen molar-refractivity contribution in [3.8, 4) is 0 Å². The van der Waals surface area contributed by atoms with Crippen molar-refractivity contribution >= 4 is 23.2 Å². The van der Waals surface area contributed by atoms with E-state index in [1.54, 1.807) is 6.33 Å². The van der Waals surface area contributed by atoms with Gasteiger partial charge in [-0.3, -0.25) is 0 Å². The summed E-state index contributed by atoms with van der Waals surface area (Å²) < 4.78 is 3.63. The summed E-state index contributed by atoms with van der Waals surface area (Å²) in [7, 11) is 0. The van der Waals surface area contributed by atoms with Gasteiger partial charge in [-0.15, -0.1) is 32.3 Å². The number of nitrogens with zero attached hydrogens (tertiary/aromatic N) is 2. The minimum absolute atomic E-state index is 0.201. The van der Waals surface area contributed by atoms with Gasteiger partial charge in [0.1, 0.15) is 12.2 Å². The zero-order valence-corrected chi connectivity index (χ0v) is 10.3. The molecule has 2 unspecified atom stereocenters. The van der Waals surface area contributed by atoms with E-state index in [9.17, 15) is 10.2 Å². The van der Waals surface area contributed by atoms with Gasteiger partial charge in [0.2, 0.25) is 0 Å².